The molecule has 3 amide bonds. The second kappa shape index (κ2) is 6.82. The second-order valence-electron chi connectivity index (χ2n) is 8.16. The number of rotatable bonds is 4. The molecule has 5 rings (SSSR count). The molecule has 1 aromatic heterocycles. The number of urea groups is 1. The number of carbonyl (C=O) groups excluding carboxylic acids is 2. The Bertz CT molecular complexity index is 761. The first-order chi connectivity index (χ1) is 13.1. The summed E-state index contributed by atoms with van der Waals surface area (Å²) in [6, 6.07) is -0.558. The molecule has 8 nitrogen and oxygen atoms in total. The third kappa shape index (κ3) is 3.78. The summed E-state index contributed by atoms with van der Waals surface area (Å²) in [6.45, 7) is 0. The molecule has 4 saturated carbocycles. The number of thioether (sulfide) groups is 1. The molecule has 4 N–H and O–H groups in total. The van der Waals surface area contributed by atoms with E-state index in [1.165, 1.54) is 19.3 Å². The van der Waals surface area contributed by atoms with Crippen molar-refractivity contribution < 1.29 is 22.8 Å². The van der Waals surface area contributed by atoms with Crippen molar-refractivity contribution >= 4 is 23.7 Å². The summed E-state index contributed by atoms with van der Waals surface area (Å²) in [6.07, 6.45) is 1.82. The predicted octanol–water partition coefficient (Wildman–Crippen LogP) is 1.90. The number of imide groups is 1. The fraction of sp³-hybridized carbons (Fsp3) is 0.750. The molecule has 0 unspecified atom stereocenters. The number of hydrogen-bond acceptors (Lipinski definition) is 6. The van der Waals surface area contributed by atoms with Gasteiger partial charge in [-0.05, 0) is 56.3 Å². The van der Waals surface area contributed by atoms with Crippen molar-refractivity contribution in [2.75, 3.05) is 11.6 Å². The molecule has 0 aromatic carbocycles. The molecule has 0 atom stereocenters. The molecule has 0 saturated heterocycles. The third-order valence-electron chi connectivity index (χ3n) is 5.92. The van der Waals surface area contributed by atoms with Gasteiger partial charge >= 0.3 is 12.2 Å². The zero-order valence-electron chi connectivity index (χ0n) is 15.0. The van der Waals surface area contributed by atoms with Gasteiger partial charge in [0.15, 0.2) is 0 Å². The molecule has 12 heteroatoms. The Balaban J connectivity index is 1.29. The molecule has 28 heavy (non-hydrogen) atoms. The quantitative estimate of drug-likeness (QED) is 0.508. The third-order valence-corrected chi connectivity index (χ3v) is 6.86. The topological polar surface area (TPSA) is 115 Å². The van der Waals surface area contributed by atoms with Crippen LogP contribution in [0.4, 0.5) is 18.0 Å². The van der Waals surface area contributed by atoms with Crippen LogP contribution in [-0.4, -0.2) is 38.1 Å². The van der Waals surface area contributed by atoms with Crippen LogP contribution < -0.4 is 16.5 Å². The Morgan fingerprint density at radius 3 is 2.21 bits per heavy atom. The molecule has 0 aliphatic heterocycles. The van der Waals surface area contributed by atoms with Crippen LogP contribution in [0.5, 0.6) is 0 Å². The molecule has 0 spiro atoms. The van der Waals surface area contributed by atoms with Crippen molar-refractivity contribution in [2.24, 2.45) is 17.8 Å². The normalized spacial score (nSPS) is 31.0. The number of nitrogens with one attached hydrogen (secondary N) is 2. The molecule has 4 aliphatic rings. The lowest BCUT2D eigenvalue weighted by molar-refractivity contribution is -0.146. The van der Waals surface area contributed by atoms with Crippen molar-refractivity contribution in [3.63, 3.8) is 0 Å². The van der Waals surface area contributed by atoms with Crippen molar-refractivity contribution in [1.29, 1.82) is 0 Å². The molecule has 1 aromatic rings. The van der Waals surface area contributed by atoms with Gasteiger partial charge < -0.3 is 11.2 Å². The first-order valence-corrected chi connectivity index (χ1v) is 10.1. The molecule has 0 radical (unpaired) electrons. The average Bonchev–Trinajstić information content (AvgIpc) is 2.91. The summed E-state index contributed by atoms with van der Waals surface area (Å²) in [5.74, 6) is 4.97. The number of nitrogen functional groups attached to an aromatic ring is 1. The average molecular weight is 418 g/mol. The number of amides is 3. The maximum atomic E-state index is 12.6. The van der Waals surface area contributed by atoms with Crippen LogP contribution in [0.15, 0.2) is 5.16 Å². The largest absolute Gasteiger partial charge is 0.453 e. The van der Waals surface area contributed by atoms with Crippen molar-refractivity contribution in [3.8, 4) is 0 Å². The van der Waals surface area contributed by atoms with Crippen LogP contribution >= 0.6 is 11.8 Å². The fourth-order valence-corrected chi connectivity index (χ4v) is 6.05. The number of nitrogens with zero attached hydrogens (tertiary/aromatic N) is 3. The smallest absolute Gasteiger partial charge is 0.335 e. The lowest BCUT2D eigenvalue weighted by Crippen LogP contribution is -2.61. The van der Waals surface area contributed by atoms with E-state index in [4.69, 9.17) is 5.84 Å². The summed E-state index contributed by atoms with van der Waals surface area (Å²) in [7, 11) is 0. The molecule has 4 fully saturated rings. The van der Waals surface area contributed by atoms with Gasteiger partial charge in [0.05, 0.1) is 5.75 Å². The van der Waals surface area contributed by atoms with Gasteiger partial charge in [-0.25, -0.2) is 9.47 Å². The highest BCUT2D eigenvalue weighted by atomic mass is 32.2. The minimum atomic E-state index is -4.74. The summed E-state index contributed by atoms with van der Waals surface area (Å²) in [4.78, 5) is 24.3. The SMILES string of the molecule is Nn1c(SCC(=O)NC(=O)NC23CC4CC(CC(C4)C2)C3)nnc1C(F)(F)F. The maximum Gasteiger partial charge on any atom is 0.453 e. The summed E-state index contributed by atoms with van der Waals surface area (Å²) in [5, 5.41) is 11.3. The molecule has 4 bridgehead atoms. The maximum absolute atomic E-state index is 12.6. The molecule has 4 aliphatic carbocycles. The van der Waals surface area contributed by atoms with Crippen LogP contribution in [0.3, 0.4) is 0 Å². The lowest BCUT2D eigenvalue weighted by Gasteiger charge is -2.56. The first kappa shape index (κ1) is 19.3. The van der Waals surface area contributed by atoms with Crippen LogP contribution in [0, 0.1) is 17.8 Å². The van der Waals surface area contributed by atoms with Gasteiger partial charge in [0.25, 0.3) is 5.82 Å². The van der Waals surface area contributed by atoms with E-state index in [-0.39, 0.29) is 21.1 Å². The highest BCUT2D eigenvalue weighted by Gasteiger charge is 2.51. The van der Waals surface area contributed by atoms with Gasteiger partial charge in [0.2, 0.25) is 11.1 Å². The molecular formula is C16H21F3N6O2S. The van der Waals surface area contributed by atoms with Gasteiger partial charge in [-0.15, -0.1) is 10.2 Å². The van der Waals surface area contributed by atoms with Crippen molar-refractivity contribution in [1.82, 2.24) is 25.5 Å². The molecule has 1 heterocycles. The number of carbonyl (C=O) groups is 2. The second-order valence-corrected chi connectivity index (χ2v) is 9.11. The number of hydrogen-bond donors (Lipinski definition) is 3. The zero-order chi connectivity index (χ0) is 20.1. The minimum absolute atomic E-state index is 0.231. The predicted molar refractivity (Wildman–Crippen MR) is 93.5 cm³/mol. The van der Waals surface area contributed by atoms with E-state index >= 15 is 0 Å². The van der Waals surface area contributed by atoms with E-state index in [1.54, 1.807) is 0 Å². The van der Waals surface area contributed by atoms with Crippen LogP contribution in [0.1, 0.15) is 44.3 Å². The van der Waals surface area contributed by atoms with E-state index in [0.29, 0.717) is 29.5 Å². The van der Waals surface area contributed by atoms with E-state index in [9.17, 15) is 22.8 Å². The van der Waals surface area contributed by atoms with Crippen LogP contribution in [-0.2, 0) is 11.0 Å². The van der Waals surface area contributed by atoms with E-state index in [1.807, 2.05) is 0 Å². The summed E-state index contributed by atoms with van der Waals surface area (Å²) >= 11 is 0.676. The van der Waals surface area contributed by atoms with Crippen molar-refractivity contribution in [3.05, 3.63) is 5.82 Å². The molecule has 154 valence electrons. The van der Waals surface area contributed by atoms with Gasteiger partial charge in [-0.1, -0.05) is 11.8 Å². The summed E-state index contributed by atoms with van der Waals surface area (Å²) < 4.78 is 38.2. The van der Waals surface area contributed by atoms with Gasteiger partial charge in [0, 0.05) is 5.54 Å². The monoisotopic (exact) mass is 418 g/mol. The van der Waals surface area contributed by atoms with Gasteiger partial charge in [0.1, 0.15) is 0 Å². The summed E-state index contributed by atoms with van der Waals surface area (Å²) in [5.41, 5.74) is -0.231. The fourth-order valence-electron chi connectivity index (χ4n) is 5.40. The van der Waals surface area contributed by atoms with Gasteiger partial charge in [-0.3, -0.25) is 10.1 Å². The van der Waals surface area contributed by atoms with Crippen LogP contribution in [0.25, 0.3) is 0 Å². The lowest BCUT2D eigenvalue weighted by atomic mass is 9.53. The van der Waals surface area contributed by atoms with Crippen LogP contribution in [0.2, 0.25) is 0 Å². The first-order valence-electron chi connectivity index (χ1n) is 9.16. The standard InChI is InChI=1S/C16H21F3N6O2S/c17-16(18,19)12-23-24-14(25(12)20)28-7-11(26)21-13(27)22-15-4-8-1-9(5-15)3-10(2-8)6-15/h8-10H,1-7,20H2,(H2,21,22,26,27). The Kier molecular flexibility index (Phi) is 4.71. The van der Waals surface area contributed by atoms with E-state index < -0.39 is 23.9 Å². The number of halogens is 3. The number of aromatic nitrogens is 3. The zero-order valence-corrected chi connectivity index (χ0v) is 15.8. The number of nitrogens with two attached hydrogens (primary N) is 1. The Labute approximate surface area is 163 Å². The number of alkyl halides is 3. The molecular weight excluding hydrogens is 397 g/mol. The highest BCUT2D eigenvalue weighted by molar-refractivity contribution is 7.99. The Morgan fingerprint density at radius 2 is 1.71 bits per heavy atom. The highest BCUT2D eigenvalue weighted by Crippen LogP contribution is 2.55. The van der Waals surface area contributed by atoms with E-state index in [2.05, 4.69) is 20.8 Å². The minimum Gasteiger partial charge on any atom is -0.335 e. The van der Waals surface area contributed by atoms with E-state index in [0.717, 1.165) is 19.3 Å². The Hall–Kier alpha value is -1.98. The van der Waals surface area contributed by atoms with Crippen molar-refractivity contribution in [2.45, 2.75) is 55.4 Å². The Morgan fingerprint density at radius 1 is 1.14 bits per heavy atom. The van der Waals surface area contributed by atoms with Gasteiger partial charge in [-0.2, -0.15) is 13.2 Å².